The van der Waals surface area contributed by atoms with E-state index in [2.05, 4.69) is 15.1 Å². The van der Waals surface area contributed by atoms with E-state index in [-0.39, 0.29) is 35.5 Å². The first-order valence-corrected chi connectivity index (χ1v) is 12.7. The molecule has 2 aliphatic heterocycles. The van der Waals surface area contributed by atoms with E-state index >= 15 is 0 Å². The van der Waals surface area contributed by atoms with E-state index in [1.54, 1.807) is 19.9 Å². The predicted octanol–water partition coefficient (Wildman–Crippen LogP) is 2.18. The van der Waals surface area contributed by atoms with E-state index in [0.29, 0.717) is 23.5 Å². The second kappa shape index (κ2) is 12.5. The molecule has 1 unspecified atom stereocenters. The number of allylic oxidation sites excluding steroid dienone is 2. The number of benzene rings is 1. The molecule has 1 fully saturated rings. The Hall–Kier alpha value is -3.28. The quantitative estimate of drug-likeness (QED) is 0.263. The lowest BCUT2D eigenvalue weighted by molar-refractivity contribution is -0.384. The predicted molar refractivity (Wildman–Crippen MR) is 141 cm³/mol. The van der Waals surface area contributed by atoms with Gasteiger partial charge in [-0.25, -0.2) is 9.59 Å². The van der Waals surface area contributed by atoms with Crippen LogP contribution in [0.4, 0.5) is 5.69 Å². The van der Waals surface area contributed by atoms with Crippen LogP contribution in [-0.2, 0) is 19.1 Å². The zero-order chi connectivity index (χ0) is 28.0. The average molecular weight is 531 g/mol. The zero-order valence-electron chi connectivity index (χ0n) is 22.8. The zero-order valence-corrected chi connectivity index (χ0v) is 22.8. The number of hydrogen-bond donors (Lipinski definition) is 2. The number of esters is 2. The van der Waals surface area contributed by atoms with Gasteiger partial charge in [0.1, 0.15) is 0 Å². The number of β-amino-alcohol motifs (C(OH)–C–C–N with tert-alkyl or cyclic N) is 1. The lowest BCUT2D eigenvalue weighted by atomic mass is 9.80. The van der Waals surface area contributed by atoms with E-state index in [1.165, 1.54) is 25.3 Å². The number of aliphatic hydroxyl groups excluding tert-OH is 1. The molecule has 1 aromatic rings. The smallest absolute Gasteiger partial charge is 0.336 e. The Morgan fingerprint density at radius 2 is 1.71 bits per heavy atom. The van der Waals surface area contributed by atoms with Gasteiger partial charge in [0.25, 0.3) is 5.69 Å². The molecular formula is C27H38N4O7. The fourth-order valence-corrected chi connectivity index (χ4v) is 5.10. The summed E-state index contributed by atoms with van der Waals surface area (Å²) in [4.78, 5) is 41.8. The van der Waals surface area contributed by atoms with Gasteiger partial charge < -0.3 is 24.8 Å². The Morgan fingerprint density at radius 1 is 1.11 bits per heavy atom. The average Bonchev–Trinajstić information content (AvgIpc) is 2.87. The number of nitrogens with one attached hydrogen (secondary N) is 1. The largest absolute Gasteiger partial charge is 0.466 e. The first-order valence-electron chi connectivity index (χ1n) is 12.7. The normalized spacial score (nSPS) is 19.3. The number of piperazine rings is 1. The standard InChI is InChI=1S/C27H38N4O7/c1-18-22(25(33)37-5)24(20-7-6-8-21(15-20)31(35)36)23(19(2)28-18)26(34)38-17-27(3,4)16-30-11-9-29(10-12-30)13-14-32/h6-8,15,24,28,32H,9-14,16-17H2,1-5H3. The van der Waals surface area contributed by atoms with Crippen LogP contribution in [-0.4, -0.2) is 91.4 Å². The Morgan fingerprint density at radius 3 is 2.29 bits per heavy atom. The molecule has 208 valence electrons. The highest BCUT2D eigenvalue weighted by Gasteiger charge is 2.39. The number of rotatable bonds is 10. The van der Waals surface area contributed by atoms with Gasteiger partial charge in [-0.05, 0) is 19.4 Å². The van der Waals surface area contributed by atoms with Gasteiger partial charge >= 0.3 is 11.9 Å². The van der Waals surface area contributed by atoms with Gasteiger partial charge in [-0.15, -0.1) is 0 Å². The highest BCUT2D eigenvalue weighted by molar-refractivity contribution is 5.99. The van der Waals surface area contributed by atoms with Crippen LogP contribution in [0.15, 0.2) is 46.8 Å². The lowest BCUT2D eigenvalue weighted by Gasteiger charge is -2.38. The minimum absolute atomic E-state index is 0.145. The van der Waals surface area contributed by atoms with Crippen LogP contribution < -0.4 is 5.32 Å². The topological polar surface area (TPSA) is 134 Å². The number of nitro groups is 1. The van der Waals surface area contributed by atoms with Gasteiger partial charge in [0.15, 0.2) is 0 Å². The Kier molecular flexibility index (Phi) is 9.64. The Labute approximate surface area is 223 Å². The number of carbonyl (C=O) groups is 2. The first-order chi connectivity index (χ1) is 18.0. The van der Waals surface area contributed by atoms with Gasteiger partial charge in [0.2, 0.25) is 0 Å². The number of nitrogens with zero attached hydrogens (tertiary/aromatic N) is 3. The van der Waals surface area contributed by atoms with Gasteiger partial charge in [0, 0.05) is 68.2 Å². The Bertz CT molecular complexity index is 1120. The van der Waals surface area contributed by atoms with Crippen molar-refractivity contribution in [3.63, 3.8) is 0 Å². The fraction of sp³-hybridized carbons (Fsp3) is 0.556. The van der Waals surface area contributed by atoms with Crippen molar-refractivity contribution in [3.8, 4) is 0 Å². The van der Waals surface area contributed by atoms with Crippen molar-refractivity contribution < 1.29 is 29.1 Å². The molecule has 1 saturated heterocycles. The monoisotopic (exact) mass is 530 g/mol. The molecule has 1 aromatic carbocycles. The number of nitro benzene ring substituents is 1. The van der Waals surface area contributed by atoms with Crippen molar-refractivity contribution in [2.75, 3.05) is 59.6 Å². The van der Waals surface area contributed by atoms with Crippen molar-refractivity contribution in [3.05, 3.63) is 62.5 Å². The second-order valence-corrected chi connectivity index (χ2v) is 10.6. The molecule has 2 N–H and O–H groups in total. The van der Waals surface area contributed by atoms with Gasteiger partial charge in [0.05, 0.1) is 42.3 Å². The summed E-state index contributed by atoms with van der Waals surface area (Å²) < 4.78 is 10.8. The molecule has 38 heavy (non-hydrogen) atoms. The van der Waals surface area contributed by atoms with Crippen molar-refractivity contribution in [1.82, 2.24) is 15.1 Å². The van der Waals surface area contributed by atoms with E-state index in [1.807, 2.05) is 13.8 Å². The summed E-state index contributed by atoms with van der Waals surface area (Å²) in [6.07, 6.45) is 0. The first kappa shape index (κ1) is 29.3. The van der Waals surface area contributed by atoms with Crippen LogP contribution >= 0.6 is 0 Å². The Balaban J connectivity index is 1.81. The van der Waals surface area contributed by atoms with Gasteiger partial charge in [-0.1, -0.05) is 26.0 Å². The van der Waals surface area contributed by atoms with Gasteiger partial charge in [-0.3, -0.25) is 15.0 Å². The number of non-ortho nitro benzene ring substituents is 1. The molecule has 0 radical (unpaired) electrons. The maximum atomic E-state index is 13.6. The van der Waals surface area contributed by atoms with Crippen LogP contribution in [0, 0.1) is 15.5 Å². The number of carbonyl (C=O) groups excluding carboxylic acids is 2. The molecule has 0 spiro atoms. The third-order valence-corrected chi connectivity index (χ3v) is 6.93. The summed E-state index contributed by atoms with van der Waals surface area (Å²) in [6, 6.07) is 5.91. The SMILES string of the molecule is COC(=O)C1=C(C)NC(C)=C(C(=O)OCC(C)(C)CN2CCN(CCO)CC2)C1c1cccc([N+](=O)[O-])c1. The van der Waals surface area contributed by atoms with E-state index in [9.17, 15) is 19.7 Å². The summed E-state index contributed by atoms with van der Waals surface area (Å²) in [5.74, 6) is -2.12. The van der Waals surface area contributed by atoms with Crippen molar-refractivity contribution >= 4 is 17.6 Å². The third-order valence-electron chi connectivity index (χ3n) is 6.93. The van der Waals surface area contributed by atoms with Crippen LogP contribution in [0.25, 0.3) is 0 Å². The number of ether oxygens (including phenoxy) is 2. The summed E-state index contributed by atoms with van der Waals surface area (Å²) in [6.45, 7) is 12.7. The molecule has 2 heterocycles. The van der Waals surface area contributed by atoms with Crippen LogP contribution in [0.2, 0.25) is 0 Å². The van der Waals surface area contributed by atoms with E-state index in [0.717, 1.165) is 32.7 Å². The highest BCUT2D eigenvalue weighted by Crippen LogP contribution is 2.40. The van der Waals surface area contributed by atoms with E-state index in [4.69, 9.17) is 14.6 Å². The van der Waals surface area contributed by atoms with Crippen molar-refractivity contribution in [2.45, 2.75) is 33.6 Å². The lowest BCUT2D eigenvalue weighted by Crippen LogP contribution is -2.50. The minimum Gasteiger partial charge on any atom is -0.466 e. The summed E-state index contributed by atoms with van der Waals surface area (Å²) in [7, 11) is 1.25. The van der Waals surface area contributed by atoms with Crippen molar-refractivity contribution in [2.24, 2.45) is 5.41 Å². The van der Waals surface area contributed by atoms with Crippen molar-refractivity contribution in [1.29, 1.82) is 0 Å². The maximum absolute atomic E-state index is 13.6. The maximum Gasteiger partial charge on any atom is 0.336 e. The van der Waals surface area contributed by atoms with E-state index < -0.39 is 22.8 Å². The van der Waals surface area contributed by atoms with Gasteiger partial charge in [-0.2, -0.15) is 0 Å². The third kappa shape index (κ3) is 6.97. The molecule has 11 nitrogen and oxygen atoms in total. The number of dihydropyridines is 1. The molecule has 0 aromatic heterocycles. The summed E-state index contributed by atoms with van der Waals surface area (Å²) in [5.41, 5.74) is 1.36. The molecule has 11 heteroatoms. The summed E-state index contributed by atoms with van der Waals surface area (Å²) in [5, 5.41) is 23.7. The minimum atomic E-state index is -0.890. The van der Waals surface area contributed by atoms with Crippen LogP contribution in [0.3, 0.4) is 0 Å². The van der Waals surface area contributed by atoms with Crippen LogP contribution in [0.5, 0.6) is 0 Å². The molecule has 0 bridgehead atoms. The second-order valence-electron chi connectivity index (χ2n) is 10.6. The summed E-state index contributed by atoms with van der Waals surface area (Å²) >= 11 is 0. The fourth-order valence-electron chi connectivity index (χ4n) is 5.10. The number of hydrogen-bond acceptors (Lipinski definition) is 10. The number of aliphatic hydroxyl groups is 1. The highest BCUT2D eigenvalue weighted by atomic mass is 16.6. The molecule has 1 atom stereocenters. The molecule has 3 rings (SSSR count). The molecule has 0 saturated carbocycles. The number of methoxy groups -OCH3 is 1. The van der Waals surface area contributed by atoms with Crippen LogP contribution in [0.1, 0.15) is 39.2 Å². The molecular weight excluding hydrogens is 492 g/mol. The molecule has 2 aliphatic rings. The molecule has 0 amide bonds. The molecule has 0 aliphatic carbocycles.